The number of nitrogens with one attached hydrogen (secondary N) is 2. The fourth-order valence-corrected chi connectivity index (χ4v) is 2.02. The van der Waals surface area contributed by atoms with Crippen molar-refractivity contribution in [3.8, 4) is 11.3 Å². The molecule has 0 aliphatic rings. The predicted molar refractivity (Wildman–Crippen MR) is 83.4 cm³/mol. The molecule has 0 saturated heterocycles. The predicted octanol–water partition coefficient (Wildman–Crippen LogP) is 3.17. The Morgan fingerprint density at radius 1 is 1.14 bits per heavy atom. The minimum Gasteiger partial charge on any atom is -0.297 e. The molecule has 2 N–H and O–H groups in total. The quantitative estimate of drug-likeness (QED) is 0.729. The molecule has 6 heteroatoms. The maximum Gasteiger partial charge on any atom is 0.273 e. The third-order valence-corrected chi connectivity index (χ3v) is 3.19. The third kappa shape index (κ3) is 2.93. The first-order valence-corrected chi connectivity index (χ1v) is 6.62. The van der Waals surface area contributed by atoms with Crippen molar-refractivity contribution in [2.75, 3.05) is 0 Å². The molecule has 0 spiro atoms. The molecule has 0 fully saturated rings. The Hall–Kier alpha value is -2.66. The van der Waals surface area contributed by atoms with Crippen LogP contribution in [0.3, 0.4) is 0 Å². The van der Waals surface area contributed by atoms with E-state index in [4.69, 9.17) is 11.6 Å². The molecule has 1 aromatic carbocycles. The van der Waals surface area contributed by atoms with Crippen molar-refractivity contribution in [3.05, 3.63) is 69.7 Å². The molecule has 104 valence electrons. The second-order valence-corrected chi connectivity index (χ2v) is 4.78. The van der Waals surface area contributed by atoms with Gasteiger partial charge in [-0.25, -0.2) is 0 Å². The highest BCUT2D eigenvalue weighted by Gasteiger charge is 2.09. The molecule has 3 rings (SSSR count). The van der Waals surface area contributed by atoms with Crippen molar-refractivity contribution in [1.82, 2.24) is 15.2 Å². The van der Waals surface area contributed by atoms with E-state index in [0.29, 0.717) is 16.3 Å². The Morgan fingerprint density at radius 2 is 1.95 bits per heavy atom. The molecule has 0 aliphatic carbocycles. The number of nitrogens with zero attached hydrogens (tertiary/aromatic N) is 2. The van der Waals surface area contributed by atoms with E-state index in [-0.39, 0.29) is 5.56 Å². The van der Waals surface area contributed by atoms with Crippen LogP contribution < -0.4 is 5.56 Å². The van der Waals surface area contributed by atoms with E-state index < -0.39 is 0 Å². The molecule has 21 heavy (non-hydrogen) atoms. The first-order valence-electron chi connectivity index (χ1n) is 6.25. The van der Waals surface area contributed by atoms with Crippen LogP contribution in [0.4, 0.5) is 5.69 Å². The van der Waals surface area contributed by atoms with Crippen molar-refractivity contribution < 1.29 is 0 Å². The van der Waals surface area contributed by atoms with E-state index in [0.717, 1.165) is 11.3 Å². The van der Waals surface area contributed by atoms with Crippen molar-refractivity contribution >= 4 is 23.5 Å². The van der Waals surface area contributed by atoms with Crippen LogP contribution in [0.15, 0.2) is 58.6 Å². The summed E-state index contributed by atoms with van der Waals surface area (Å²) in [5.74, 6) is 0. The van der Waals surface area contributed by atoms with Crippen molar-refractivity contribution in [1.29, 1.82) is 0 Å². The zero-order chi connectivity index (χ0) is 14.7. The number of aliphatic imine (C=N–C) groups is 1. The standard InChI is InChI=1S/C15H11ClN4O/c16-11-3-5-12(6-4-11)18-9-13-14(19-20-15(13)21)10-2-1-7-17-8-10/h1-9H,(H2,19,20,21). The average Bonchev–Trinajstić information content (AvgIpc) is 2.89. The summed E-state index contributed by atoms with van der Waals surface area (Å²) < 4.78 is 0. The fraction of sp³-hybridized carbons (Fsp3) is 0. The van der Waals surface area contributed by atoms with Gasteiger partial charge in [-0.05, 0) is 36.4 Å². The van der Waals surface area contributed by atoms with Crippen LogP contribution in [0.5, 0.6) is 0 Å². The number of aromatic nitrogens is 3. The van der Waals surface area contributed by atoms with E-state index in [9.17, 15) is 4.79 Å². The number of benzene rings is 1. The molecular weight excluding hydrogens is 288 g/mol. The van der Waals surface area contributed by atoms with Crippen molar-refractivity contribution in [3.63, 3.8) is 0 Å². The topological polar surface area (TPSA) is 73.9 Å². The lowest BCUT2D eigenvalue weighted by molar-refractivity contribution is 1.06. The largest absolute Gasteiger partial charge is 0.297 e. The molecule has 0 amide bonds. The van der Waals surface area contributed by atoms with Gasteiger partial charge in [0.25, 0.3) is 5.56 Å². The molecule has 0 radical (unpaired) electrons. The SMILES string of the molecule is O=c1[nH][nH]c(-c2cccnc2)c1C=Nc1ccc(Cl)cc1. The van der Waals surface area contributed by atoms with E-state index in [2.05, 4.69) is 20.2 Å². The van der Waals surface area contributed by atoms with Gasteiger partial charge in [-0.15, -0.1) is 0 Å². The maximum absolute atomic E-state index is 11.9. The van der Waals surface area contributed by atoms with Crippen LogP contribution in [0.1, 0.15) is 5.56 Å². The Labute approximate surface area is 125 Å². The molecule has 2 heterocycles. The van der Waals surface area contributed by atoms with Gasteiger partial charge < -0.3 is 0 Å². The van der Waals surface area contributed by atoms with Crippen LogP contribution >= 0.6 is 11.6 Å². The van der Waals surface area contributed by atoms with Crippen LogP contribution in [-0.2, 0) is 0 Å². The fourth-order valence-electron chi connectivity index (χ4n) is 1.90. The molecule has 0 aliphatic heterocycles. The lowest BCUT2D eigenvalue weighted by Gasteiger charge is -1.98. The normalized spacial score (nSPS) is 11.1. The van der Waals surface area contributed by atoms with Crippen LogP contribution in [-0.4, -0.2) is 21.4 Å². The number of H-pyrrole nitrogens is 2. The van der Waals surface area contributed by atoms with Gasteiger partial charge in [0.05, 0.1) is 16.9 Å². The monoisotopic (exact) mass is 298 g/mol. The Balaban J connectivity index is 1.98. The highest BCUT2D eigenvalue weighted by molar-refractivity contribution is 6.30. The molecular formula is C15H11ClN4O. The summed E-state index contributed by atoms with van der Waals surface area (Å²) in [5, 5.41) is 6.05. The van der Waals surface area contributed by atoms with Crippen molar-refractivity contribution in [2.45, 2.75) is 0 Å². The molecule has 3 aromatic rings. The van der Waals surface area contributed by atoms with Crippen LogP contribution in [0.25, 0.3) is 11.3 Å². The van der Waals surface area contributed by atoms with E-state index in [1.165, 1.54) is 6.21 Å². The summed E-state index contributed by atoms with van der Waals surface area (Å²) in [5.41, 5.74) is 2.42. The smallest absolute Gasteiger partial charge is 0.273 e. The molecule has 2 aromatic heterocycles. The van der Waals surface area contributed by atoms with Gasteiger partial charge in [-0.1, -0.05) is 11.6 Å². The van der Waals surface area contributed by atoms with Gasteiger partial charge >= 0.3 is 0 Å². The summed E-state index contributed by atoms with van der Waals surface area (Å²) in [7, 11) is 0. The summed E-state index contributed by atoms with van der Waals surface area (Å²) >= 11 is 5.82. The Bertz CT molecular complexity index is 819. The number of pyridine rings is 1. The minimum atomic E-state index is -0.230. The van der Waals surface area contributed by atoms with Gasteiger partial charge in [0, 0.05) is 29.2 Å². The van der Waals surface area contributed by atoms with E-state index >= 15 is 0 Å². The molecule has 0 atom stereocenters. The number of hydrogen-bond acceptors (Lipinski definition) is 3. The maximum atomic E-state index is 11.9. The second kappa shape index (κ2) is 5.76. The van der Waals surface area contributed by atoms with E-state index in [1.807, 2.05) is 6.07 Å². The lowest BCUT2D eigenvalue weighted by atomic mass is 10.1. The third-order valence-electron chi connectivity index (χ3n) is 2.93. The molecule has 0 bridgehead atoms. The van der Waals surface area contributed by atoms with Gasteiger partial charge in [-0.2, -0.15) is 0 Å². The van der Waals surface area contributed by atoms with Crippen molar-refractivity contribution in [2.24, 2.45) is 4.99 Å². The summed E-state index contributed by atoms with van der Waals surface area (Å²) in [6, 6.07) is 10.7. The molecule has 0 saturated carbocycles. The van der Waals surface area contributed by atoms with Gasteiger partial charge in [0.2, 0.25) is 0 Å². The molecule has 5 nitrogen and oxygen atoms in total. The number of hydrogen-bond donors (Lipinski definition) is 2. The molecule has 0 unspecified atom stereocenters. The Kier molecular flexibility index (Phi) is 3.66. The highest BCUT2D eigenvalue weighted by atomic mass is 35.5. The van der Waals surface area contributed by atoms with Gasteiger partial charge in [0.15, 0.2) is 0 Å². The Morgan fingerprint density at radius 3 is 2.67 bits per heavy atom. The second-order valence-electron chi connectivity index (χ2n) is 4.34. The van der Waals surface area contributed by atoms with Crippen LogP contribution in [0, 0.1) is 0 Å². The van der Waals surface area contributed by atoms with Crippen LogP contribution in [0.2, 0.25) is 5.02 Å². The number of rotatable bonds is 3. The highest BCUT2D eigenvalue weighted by Crippen LogP contribution is 2.18. The summed E-state index contributed by atoms with van der Waals surface area (Å²) in [6.07, 6.45) is 4.88. The lowest BCUT2D eigenvalue weighted by Crippen LogP contribution is -2.05. The first kappa shape index (κ1) is 13.3. The average molecular weight is 299 g/mol. The minimum absolute atomic E-state index is 0.230. The summed E-state index contributed by atoms with van der Waals surface area (Å²) in [6.45, 7) is 0. The van der Waals surface area contributed by atoms with E-state index in [1.54, 1.807) is 42.7 Å². The van der Waals surface area contributed by atoms with Gasteiger partial charge in [-0.3, -0.25) is 25.0 Å². The zero-order valence-corrected chi connectivity index (χ0v) is 11.6. The zero-order valence-electron chi connectivity index (χ0n) is 10.9. The number of aromatic amines is 2. The van der Waals surface area contributed by atoms with Gasteiger partial charge in [0.1, 0.15) is 0 Å². The summed E-state index contributed by atoms with van der Waals surface area (Å²) in [4.78, 5) is 20.2. The number of halogens is 1. The first-order chi connectivity index (χ1) is 10.2.